The number of halogens is 1. The van der Waals surface area contributed by atoms with Crippen molar-refractivity contribution in [3.63, 3.8) is 0 Å². The van der Waals surface area contributed by atoms with Crippen molar-refractivity contribution < 1.29 is 4.79 Å². The fourth-order valence-corrected chi connectivity index (χ4v) is 7.96. The Hall–Kier alpha value is -4.49. The Morgan fingerprint density at radius 3 is 2.43 bits per heavy atom. The number of benzene rings is 2. The molecule has 0 saturated carbocycles. The summed E-state index contributed by atoms with van der Waals surface area (Å²) in [7, 11) is 0. The Morgan fingerprint density at radius 1 is 1.05 bits per heavy atom. The van der Waals surface area contributed by atoms with Gasteiger partial charge in [0.1, 0.15) is 11.1 Å². The molecule has 6 rings (SSSR count). The van der Waals surface area contributed by atoms with Gasteiger partial charge < -0.3 is 9.88 Å². The van der Waals surface area contributed by atoms with Crippen molar-refractivity contribution in [2.45, 2.75) is 40.7 Å². The number of aromatic nitrogens is 2. The van der Waals surface area contributed by atoms with Crippen LogP contribution in [0.15, 0.2) is 81.7 Å². The number of anilines is 1. The average Bonchev–Trinajstić information content (AvgIpc) is 3.57. The minimum atomic E-state index is -0.697. The average molecular weight is 638 g/mol. The van der Waals surface area contributed by atoms with Gasteiger partial charge in [0.15, 0.2) is 4.80 Å². The molecule has 10 heteroatoms. The lowest BCUT2D eigenvalue weighted by molar-refractivity contribution is -0.113. The Balaban J connectivity index is 1.50. The number of aryl methyl sites for hydroxylation is 2. The summed E-state index contributed by atoms with van der Waals surface area (Å²) in [5.41, 5.74) is 6.51. The van der Waals surface area contributed by atoms with E-state index in [0.717, 1.165) is 38.0 Å². The van der Waals surface area contributed by atoms with Gasteiger partial charge in [-0.15, -0.1) is 11.3 Å². The second-order valence-corrected chi connectivity index (χ2v) is 13.3. The van der Waals surface area contributed by atoms with Crippen LogP contribution >= 0.6 is 34.3 Å². The van der Waals surface area contributed by atoms with Crippen LogP contribution in [0.3, 0.4) is 0 Å². The molecule has 3 aromatic heterocycles. The molecule has 1 amide bonds. The van der Waals surface area contributed by atoms with Crippen LogP contribution < -0.4 is 20.2 Å². The Kier molecular flexibility index (Phi) is 7.76. The summed E-state index contributed by atoms with van der Waals surface area (Å²) in [6.45, 7) is 9.78. The normalized spacial score (nSPS) is 14.8. The van der Waals surface area contributed by atoms with E-state index in [2.05, 4.69) is 16.0 Å². The summed E-state index contributed by atoms with van der Waals surface area (Å²) in [4.78, 5) is 34.3. The molecule has 0 bridgehead atoms. The van der Waals surface area contributed by atoms with Crippen LogP contribution in [0.1, 0.15) is 51.5 Å². The highest BCUT2D eigenvalue weighted by atomic mass is 35.5. The molecule has 0 unspecified atom stereocenters. The van der Waals surface area contributed by atoms with E-state index in [0.29, 0.717) is 36.9 Å². The number of carbonyl (C=O) groups is 1. The molecule has 0 fully saturated rings. The van der Waals surface area contributed by atoms with Crippen molar-refractivity contribution in [2.75, 3.05) is 5.32 Å². The third kappa shape index (κ3) is 5.05. The number of fused-ring (bicyclic) bond motifs is 1. The molecule has 0 spiro atoms. The van der Waals surface area contributed by atoms with Crippen molar-refractivity contribution in [1.29, 1.82) is 5.26 Å². The second kappa shape index (κ2) is 11.5. The third-order valence-electron chi connectivity index (χ3n) is 7.92. The largest absolute Gasteiger partial charge is 0.322 e. The molecular weight excluding hydrogens is 610 g/mol. The number of nitriles is 1. The first-order valence-electron chi connectivity index (χ1n) is 13.9. The molecule has 1 atom stereocenters. The van der Waals surface area contributed by atoms with E-state index >= 15 is 0 Å². The maximum absolute atomic E-state index is 14.2. The van der Waals surface area contributed by atoms with Gasteiger partial charge in [0.25, 0.3) is 11.5 Å². The van der Waals surface area contributed by atoms with Gasteiger partial charge in [-0.2, -0.15) is 5.26 Å². The number of hydrogen-bond donors (Lipinski definition) is 1. The number of nitrogens with one attached hydrogen (secondary N) is 1. The lowest BCUT2D eigenvalue weighted by Crippen LogP contribution is -2.40. The number of carbonyl (C=O) groups excluding carboxylic acids is 1. The van der Waals surface area contributed by atoms with Gasteiger partial charge >= 0.3 is 0 Å². The highest BCUT2D eigenvalue weighted by molar-refractivity contribution is 7.15. The van der Waals surface area contributed by atoms with Crippen LogP contribution in [-0.2, 0) is 4.79 Å². The van der Waals surface area contributed by atoms with Gasteiger partial charge in [-0.1, -0.05) is 53.3 Å². The monoisotopic (exact) mass is 637 g/mol. The molecule has 5 aromatic rings. The zero-order valence-corrected chi connectivity index (χ0v) is 27.1. The van der Waals surface area contributed by atoms with Crippen LogP contribution in [0.5, 0.6) is 0 Å². The lowest BCUT2D eigenvalue weighted by Gasteiger charge is -2.25. The Morgan fingerprint density at radius 2 is 1.75 bits per heavy atom. The predicted molar refractivity (Wildman–Crippen MR) is 178 cm³/mol. The van der Waals surface area contributed by atoms with E-state index in [9.17, 15) is 14.9 Å². The van der Waals surface area contributed by atoms with Gasteiger partial charge in [-0.3, -0.25) is 14.2 Å². The quantitative estimate of drug-likeness (QED) is 0.239. The first-order valence-corrected chi connectivity index (χ1v) is 15.9. The molecule has 0 aliphatic carbocycles. The minimum absolute atomic E-state index is 0.239. The number of thiophene rings is 1. The first kappa shape index (κ1) is 29.6. The molecule has 220 valence electrons. The fourth-order valence-electron chi connectivity index (χ4n) is 5.58. The number of para-hydroxylation sites is 1. The number of thiazole rings is 1. The van der Waals surface area contributed by atoms with Gasteiger partial charge in [0.2, 0.25) is 0 Å². The summed E-state index contributed by atoms with van der Waals surface area (Å²) >= 11 is 9.09. The van der Waals surface area contributed by atoms with Crippen LogP contribution in [-0.4, -0.2) is 15.0 Å². The van der Waals surface area contributed by atoms with Crippen LogP contribution in [0, 0.1) is 39.0 Å². The Labute approximate surface area is 267 Å². The molecule has 1 N–H and O–H groups in total. The minimum Gasteiger partial charge on any atom is -0.322 e. The summed E-state index contributed by atoms with van der Waals surface area (Å²) in [5, 5.41) is 14.3. The van der Waals surface area contributed by atoms with Gasteiger partial charge in [0.05, 0.1) is 27.4 Å². The van der Waals surface area contributed by atoms with Crippen LogP contribution in [0.2, 0.25) is 5.02 Å². The zero-order chi connectivity index (χ0) is 31.3. The molecule has 0 radical (unpaired) electrons. The number of amides is 1. The number of hydrogen-bond acceptors (Lipinski definition) is 6. The first-order chi connectivity index (χ1) is 21.1. The van der Waals surface area contributed by atoms with E-state index in [4.69, 9.17) is 16.6 Å². The smallest absolute Gasteiger partial charge is 0.271 e. The molecule has 0 saturated heterocycles. The highest BCUT2D eigenvalue weighted by Gasteiger charge is 2.32. The van der Waals surface area contributed by atoms with Crippen molar-refractivity contribution in [3.8, 4) is 11.1 Å². The van der Waals surface area contributed by atoms with Crippen LogP contribution in [0.4, 0.5) is 5.69 Å². The molecule has 7 nitrogen and oxygen atoms in total. The number of rotatable bonds is 5. The molecular formula is C34H28ClN5O2S2. The molecule has 2 aromatic carbocycles. The standard InChI is InChI=1S/C34H28ClN5O2S2/c1-18-15-24(21(4)39(18)33-27(17-36)19(2)22(5)43-33)16-28-32(42)40-30(23-11-13-25(35)14-12-23)29(20(3)37-34(40)44-28)31(41)38-26-9-7-6-8-10-26/h6-16,30H,1-5H3,(H,38,41)/b28-16+/t30-/m1/s1. The summed E-state index contributed by atoms with van der Waals surface area (Å²) < 4.78 is 4.18. The Bertz CT molecular complexity index is 2210. The van der Waals surface area contributed by atoms with Crippen LogP contribution in [0.25, 0.3) is 11.1 Å². The van der Waals surface area contributed by atoms with Gasteiger partial charge in [0, 0.05) is 27.0 Å². The SMILES string of the molecule is CC1=C(C(=O)Nc2ccccc2)[C@@H](c2ccc(Cl)cc2)n2c(s/c(=C/c3cc(C)n(-c4sc(C)c(C)c4C#N)c3C)c2=O)=N1. The van der Waals surface area contributed by atoms with Crippen molar-refractivity contribution in [2.24, 2.45) is 4.99 Å². The highest BCUT2D eigenvalue weighted by Crippen LogP contribution is 2.34. The second-order valence-electron chi connectivity index (χ2n) is 10.7. The number of nitrogens with zero attached hydrogens (tertiary/aromatic N) is 4. The summed E-state index contributed by atoms with van der Waals surface area (Å²) in [5.74, 6) is -0.329. The van der Waals surface area contributed by atoms with E-state index in [1.165, 1.54) is 11.3 Å². The van der Waals surface area contributed by atoms with Gasteiger partial charge in [-0.25, -0.2) is 4.99 Å². The molecule has 44 heavy (non-hydrogen) atoms. The predicted octanol–water partition coefficient (Wildman–Crippen LogP) is 6.48. The van der Waals surface area contributed by atoms with E-state index in [1.54, 1.807) is 35.0 Å². The van der Waals surface area contributed by atoms with Crippen molar-refractivity contribution in [1.82, 2.24) is 9.13 Å². The van der Waals surface area contributed by atoms with Crippen molar-refractivity contribution in [3.05, 3.63) is 135 Å². The maximum atomic E-state index is 14.2. The van der Waals surface area contributed by atoms with Gasteiger partial charge in [-0.05, 0) is 87.7 Å². The number of allylic oxidation sites excluding steroid dienone is 1. The lowest BCUT2D eigenvalue weighted by atomic mass is 9.95. The molecule has 1 aliphatic heterocycles. The third-order valence-corrected chi connectivity index (χ3v) is 10.3. The topological polar surface area (TPSA) is 92.2 Å². The van der Waals surface area contributed by atoms with Crippen molar-refractivity contribution >= 4 is 51.9 Å². The van der Waals surface area contributed by atoms with E-state index in [-0.39, 0.29) is 11.5 Å². The summed E-state index contributed by atoms with van der Waals surface area (Å²) in [6.07, 6.45) is 1.88. The maximum Gasteiger partial charge on any atom is 0.271 e. The molecule has 1 aliphatic rings. The van der Waals surface area contributed by atoms with E-state index in [1.807, 2.05) is 82.3 Å². The molecule has 4 heterocycles. The zero-order valence-electron chi connectivity index (χ0n) is 24.7. The summed E-state index contributed by atoms with van der Waals surface area (Å²) in [6, 6.07) is 20.1. The van der Waals surface area contributed by atoms with E-state index < -0.39 is 6.04 Å². The fraction of sp³-hybridized carbons (Fsp3) is 0.176.